The lowest BCUT2D eigenvalue weighted by Crippen LogP contribution is -2.47. The number of carbonyl (C=O) groups is 1. The molecule has 0 radical (unpaired) electrons. The average Bonchev–Trinajstić information content (AvgIpc) is 2.76. The van der Waals surface area contributed by atoms with Gasteiger partial charge in [0.05, 0.1) is 17.4 Å². The minimum atomic E-state index is -0.346. The molecule has 28 heavy (non-hydrogen) atoms. The standard InChI is InChI=1S/C20H19FN6O/c21-16-2-4-17(5-3-16)25-19(28)15-12-18(14-22-13-15)26-8-10-27(11-9-26)20-23-6-1-7-24-20/h1-7,12-14H,8-11H2,(H,25,28). The summed E-state index contributed by atoms with van der Waals surface area (Å²) >= 11 is 0. The lowest BCUT2D eigenvalue weighted by atomic mass is 10.2. The molecule has 1 aliphatic heterocycles. The number of rotatable bonds is 4. The first-order valence-electron chi connectivity index (χ1n) is 8.98. The maximum absolute atomic E-state index is 13.0. The summed E-state index contributed by atoms with van der Waals surface area (Å²) in [5, 5.41) is 2.76. The normalized spacial score (nSPS) is 14.0. The first-order valence-corrected chi connectivity index (χ1v) is 8.98. The van der Waals surface area contributed by atoms with Crippen LogP contribution in [0.2, 0.25) is 0 Å². The smallest absolute Gasteiger partial charge is 0.257 e. The predicted molar refractivity (Wildman–Crippen MR) is 105 cm³/mol. The van der Waals surface area contributed by atoms with Crippen LogP contribution in [0.25, 0.3) is 0 Å². The summed E-state index contributed by atoms with van der Waals surface area (Å²) in [6.07, 6.45) is 6.75. The van der Waals surface area contributed by atoms with E-state index in [4.69, 9.17) is 0 Å². The number of amides is 1. The molecule has 0 unspecified atom stereocenters. The van der Waals surface area contributed by atoms with Gasteiger partial charge in [-0.2, -0.15) is 0 Å². The molecule has 8 heteroatoms. The first-order chi connectivity index (χ1) is 13.7. The fourth-order valence-corrected chi connectivity index (χ4v) is 3.08. The number of halogens is 1. The number of carbonyl (C=O) groups excluding carboxylic acids is 1. The van der Waals surface area contributed by atoms with Crippen molar-refractivity contribution >= 4 is 23.2 Å². The van der Waals surface area contributed by atoms with Gasteiger partial charge in [0.15, 0.2) is 0 Å². The molecule has 1 saturated heterocycles. The van der Waals surface area contributed by atoms with E-state index in [0.29, 0.717) is 11.3 Å². The summed E-state index contributed by atoms with van der Waals surface area (Å²) in [7, 11) is 0. The van der Waals surface area contributed by atoms with Gasteiger partial charge in [0.25, 0.3) is 5.91 Å². The molecule has 4 rings (SSSR count). The SMILES string of the molecule is O=C(Nc1ccc(F)cc1)c1cncc(N2CCN(c3ncccn3)CC2)c1. The zero-order valence-corrected chi connectivity index (χ0v) is 15.1. The summed E-state index contributed by atoms with van der Waals surface area (Å²) in [6.45, 7) is 3.14. The quantitative estimate of drug-likeness (QED) is 0.752. The zero-order valence-electron chi connectivity index (χ0n) is 15.1. The lowest BCUT2D eigenvalue weighted by Gasteiger charge is -2.35. The molecule has 7 nitrogen and oxygen atoms in total. The van der Waals surface area contributed by atoms with E-state index in [1.807, 2.05) is 6.07 Å². The van der Waals surface area contributed by atoms with Gasteiger partial charge in [-0.25, -0.2) is 14.4 Å². The number of nitrogens with zero attached hydrogens (tertiary/aromatic N) is 5. The third-order valence-electron chi connectivity index (χ3n) is 4.57. The highest BCUT2D eigenvalue weighted by Gasteiger charge is 2.20. The van der Waals surface area contributed by atoms with Crippen LogP contribution in [0.15, 0.2) is 61.2 Å². The summed E-state index contributed by atoms with van der Waals surface area (Å²) in [4.78, 5) is 29.6. The van der Waals surface area contributed by atoms with Gasteiger partial charge >= 0.3 is 0 Å². The van der Waals surface area contributed by atoms with Crippen molar-refractivity contribution in [3.63, 3.8) is 0 Å². The van der Waals surface area contributed by atoms with Crippen LogP contribution in [-0.4, -0.2) is 47.0 Å². The van der Waals surface area contributed by atoms with Crippen molar-refractivity contribution < 1.29 is 9.18 Å². The molecule has 3 heterocycles. The van der Waals surface area contributed by atoms with Crippen molar-refractivity contribution in [1.29, 1.82) is 0 Å². The Balaban J connectivity index is 1.41. The Morgan fingerprint density at radius 1 is 0.964 bits per heavy atom. The number of anilines is 3. The van der Waals surface area contributed by atoms with Gasteiger partial charge < -0.3 is 15.1 Å². The van der Waals surface area contributed by atoms with E-state index in [1.165, 1.54) is 30.5 Å². The first kappa shape index (κ1) is 17.8. The molecule has 2 aromatic heterocycles. The third-order valence-corrected chi connectivity index (χ3v) is 4.57. The second-order valence-electron chi connectivity index (χ2n) is 6.42. The van der Waals surface area contributed by atoms with E-state index in [0.717, 1.165) is 37.8 Å². The van der Waals surface area contributed by atoms with Crippen LogP contribution < -0.4 is 15.1 Å². The van der Waals surface area contributed by atoms with Crippen molar-refractivity contribution in [1.82, 2.24) is 15.0 Å². The molecule has 0 bridgehead atoms. The second kappa shape index (κ2) is 7.99. The molecule has 3 aromatic rings. The van der Waals surface area contributed by atoms with Gasteiger partial charge in [0.2, 0.25) is 5.95 Å². The van der Waals surface area contributed by atoms with Crippen LogP contribution in [0.5, 0.6) is 0 Å². The Morgan fingerprint density at radius 2 is 1.64 bits per heavy atom. The van der Waals surface area contributed by atoms with E-state index >= 15 is 0 Å². The van der Waals surface area contributed by atoms with Crippen molar-refractivity contribution in [2.24, 2.45) is 0 Å². The van der Waals surface area contributed by atoms with Crippen LogP contribution in [0.4, 0.5) is 21.7 Å². The van der Waals surface area contributed by atoms with Crippen LogP contribution in [0, 0.1) is 5.82 Å². The minimum Gasteiger partial charge on any atom is -0.367 e. The van der Waals surface area contributed by atoms with E-state index in [-0.39, 0.29) is 11.7 Å². The molecule has 1 N–H and O–H groups in total. The highest BCUT2D eigenvalue weighted by atomic mass is 19.1. The number of hydrogen-bond acceptors (Lipinski definition) is 6. The largest absolute Gasteiger partial charge is 0.367 e. The number of aromatic nitrogens is 3. The van der Waals surface area contributed by atoms with Gasteiger partial charge in [0, 0.05) is 50.5 Å². The molecular formula is C20H19FN6O. The van der Waals surface area contributed by atoms with Crippen molar-refractivity contribution in [2.45, 2.75) is 0 Å². The van der Waals surface area contributed by atoms with E-state index in [1.54, 1.807) is 24.7 Å². The molecule has 0 saturated carbocycles. The van der Waals surface area contributed by atoms with Gasteiger partial charge in [-0.05, 0) is 36.4 Å². The Kier molecular flexibility index (Phi) is 5.09. The van der Waals surface area contributed by atoms with Crippen molar-refractivity contribution in [2.75, 3.05) is 41.3 Å². The van der Waals surface area contributed by atoms with E-state index in [2.05, 4.69) is 30.1 Å². The molecule has 142 valence electrons. The molecule has 1 amide bonds. The second-order valence-corrected chi connectivity index (χ2v) is 6.42. The number of hydrogen-bond donors (Lipinski definition) is 1. The van der Waals surface area contributed by atoms with Gasteiger partial charge in [-0.15, -0.1) is 0 Å². The summed E-state index contributed by atoms with van der Waals surface area (Å²) in [5.74, 6) is 0.103. The van der Waals surface area contributed by atoms with Crippen LogP contribution in [0.1, 0.15) is 10.4 Å². The number of piperazine rings is 1. The maximum atomic E-state index is 13.0. The van der Waals surface area contributed by atoms with Gasteiger partial charge in [-0.3, -0.25) is 9.78 Å². The zero-order chi connectivity index (χ0) is 19.3. The Morgan fingerprint density at radius 3 is 2.36 bits per heavy atom. The van der Waals surface area contributed by atoms with Crippen LogP contribution >= 0.6 is 0 Å². The highest BCUT2D eigenvalue weighted by Crippen LogP contribution is 2.19. The molecule has 0 spiro atoms. The molecule has 1 aliphatic rings. The lowest BCUT2D eigenvalue weighted by molar-refractivity contribution is 0.102. The van der Waals surface area contributed by atoms with Gasteiger partial charge in [-0.1, -0.05) is 0 Å². The minimum absolute atomic E-state index is 0.280. The van der Waals surface area contributed by atoms with Crippen LogP contribution in [-0.2, 0) is 0 Å². The summed E-state index contributed by atoms with van der Waals surface area (Å²) in [6, 6.07) is 9.28. The molecule has 1 fully saturated rings. The fourth-order valence-electron chi connectivity index (χ4n) is 3.08. The maximum Gasteiger partial charge on any atom is 0.257 e. The number of pyridine rings is 1. The molecular weight excluding hydrogens is 359 g/mol. The molecule has 0 atom stereocenters. The molecule has 1 aromatic carbocycles. The average molecular weight is 378 g/mol. The van der Waals surface area contributed by atoms with Crippen molar-refractivity contribution in [3.05, 3.63) is 72.6 Å². The summed E-state index contributed by atoms with van der Waals surface area (Å²) < 4.78 is 13.0. The Bertz CT molecular complexity index is 942. The number of nitrogens with one attached hydrogen (secondary N) is 1. The monoisotopic (exact) mass is 378 g/mol. The Labute approximate surface area is 161 Å². The fraction of sp³-hybridized carbons (Fsp3) is 0.200. The molecule has 0 aliphatic carbocycles. The predicted octanol–water partition coefficient (Wildman–Crippen LogP) is 2.59. The van der Waals surface area contributed by atoms with Crippen LogP contribution in [0.3, 0.4) is 0 Å². The number of benzene rings is 1. The van der Waals surface area contributed by atoms with Gasteiger partial charge in [0.1, 0.15) is 5.82 Å². The van der Waals surface area contributed by atoms with Crippen molar-refractivity contribution in [3.8, 4) is 0 Å². The summed E-state index contributed by atoms with van der Waals surface area (Å²) in [5.41, 5.74) is 1.88. The van der Waals surface area contributed by atoms with E-state index in [9.17, 15) is 9.18 Å². The van der Waals surface area contributed by atoms with E-state index < -0.39 is 0 Å². The third kappa shape index (κ3) is 4.06. The highest BCUT2D eigenvalue weighted by molar-refractivity contribution is 6.04. The Hall–Kier alpha value is -3.55. The topological polar surface area (TPSA) is 74.2 Å².